The van der Waals surface area contributed by atoms with E-state index in [1.54, 1.807) is 11.8 Å². The summed E-state index contributed by atoms with van der Waals surface area (Å²) in [5, 5.41) is 14.3. The highest BCUT2D eigenvalue weighted by Gasteiger charge is 2.56. The average Bonchev–Trinajstić information content (AvgIpc) is 3.43. The second kappa shape index (κ2) is 10.0. The number of nitrogens with zero attached hydrogens (tertiary/aromatic N) is 4. The zero-order chi connectivity index (χ0) is 28.0. The summed E-state index contributed by atoms with van der Waals surface area (Å²) in [6.07, 6.45) is 1.25. The maximum Gasteiger partial charge on any atom is 0.414 e. The fourth-order valence-electron chi connectivity index (χ4n) is 5.82. The number of carbonyl (C=O) groups is 2. The Bertz CT molecular complexity index is 1380. The Morgan fingerprint density at radius 3 is 2.53 bits per heavy atom. The molecule has 1 aromatic carbocycles. The summed E-state index contributed by atoms with van der Waals surface area (Å²) >= 11 is 0. The van der Waals surface area contributed by atoms with E-state index >= 15 is 0 Å². The third kappa shape index (κ3) is 4.52. The molecule has 8 nitrogen and oxygen atoms in total. The molecule has 0 aliphatic carbocycles. The van der Waals surface area contributed by atoms with Crippen LogP contribution in [0, 0.1) is 22.6 Å². The number of pyridine rings is 1. The van der Waals surface area contributed by atoms with Gasteiger partial charge in [0, 0.05) is 24.2 Å². The fraction of sp³-hybridized carbons (Fsp3) is 0.517. The summed E-state index contributed by atoms with van der Waals surface area (Å²) in [4.78, 5) is 31.0. The number of carboxylic acid groups (broad SMARTS) is 1. The van der Waals surface area contributed by atoms with Crippen molar-refractivity contribution in [3.05, 3.63) is 41.8 Å². The lowest BCUT2D eigenvalue weighted by molar-refractivity contribution is -0.141. The normalized spacial score (nSPS) is 19.0. The highest BCUT2D eigenvalue weighted by atomic mass is 19.1. The van der Waals surface area contributed by atoms with Crippen LogP contribution in [-0.2, 0) is 11.3 Å². The van der Waals surface area contributed by atoms with E-state index in [2.05, 4.69) is 18.9 Å². The van der Waals surface area contributed by atoms with E-state index in [4.69, 9.17) is 9.72 Å². The molecule has 9 heteroatoms. The average molecular weight is 525 g/mol. The minimum Gasteiger partial charge on any atom is -0.481 e. The van der Waals surface area contributed by atoms with Crippen LogP contribution >= 0.6 is 0 Å². The molecular weight excluding hydrogens is 487 g/mol. The predicted octanol–water partition coefficient (Wildman–Crippen LogP) is 6.34. The van der Waals surface area contributed by atoms with E-state index in [1.807, 2.05) is 45.9 Å². The molecule has 3 heterocycles. The standard InChI is InChI=1S/C29H37FN4O4/c1-8-34-24-14-18(13-22(30)21(24)16-31-34)23-10-9-19(25(32-23)38-7)20(17(2)3)15-29(28(4,5)6)11-12-33(26(29)35)27(36)37/h9-10,13-14,16-17,20H,8,11-12,15H2,1-7H3,(H,36,37). The van der Waals surface area contributed by atoms with Gasteiger partial charge in [0.05, 0.1) is 35.3 Å². The van der Waals surface area contributed by atoms with Crippen LogP contribution < -0.4 is 4.74 Å². The summed E-state index contributed by atoms with van der Waals surface area (Å²) in [6.45, 7) is 12.9. The number of carbonyl (C=O) groups excluding carboxylic acids is 1. The maximum atomic E-state index is 14.9. The van der Waals surface area contributed by atoms with Crippen molar-refractivity contribution in [1.29, 1.82) is 0 Å². The lowest BCUT2D eigenvalue weighted by Gasteiger charge is -2.43. The lowest BCUT2D eigenvalue weighted by atomic mass is 9.59. The Hall–Kier alpha value is -3.49. The van der Waals surface area contributed by atoms with Crippen LogP contribution in [0.4, 0.5) is 9.18 Å². The molecule has 0 bridgehead atoms. The number of methoxy groups -OCH3 is 1. The van der Waals surface area contributed by atoms with Crippen LogP contribution in [-0.4, -0.2) is 50.4 Å². The number of ether oxygens (including phenoxy) is 1. The van der Waals surface area contributed by atoms with Gasteiger partial charge in [-0.1, -0.05) is 40.7 Å². The van der Waals surface area contributed by atoms with Crippen LogP contribution in [0.3, 0.4) is 0 Å². The smallest absolute Gasteiger partial charge is 0.414 e. The first kappa shape index (κ1) is 27.5. The van der Waals surface area contributed by atoms with Crippen molar-refractivity contribution in [2.45, 2.75) is 66.8 Å². The number of benzene rings is 1. The molecule has 2 unspecified atom stereocenters. The number of halogens is 1. The van der Waals surface area contributed by atoms with Crippen molar-refractivity contribution in [2.24, 2.45) is 16.7 Å². The van der Waals surface area contributed by atoms with Crippen molar-refractivity contribution in [3.63, 3.8) is 0 Å². The molecule has 0 saturated carbocycles. The van der Waals surface area contributed by atoms with Crippen molar-refractivity contribution in [2.75, 3.05) is 13.7 Å². The molecule has 1 saturated heterocycles. The van der Waals surface area contributed by atoms with Crippen LogP contribution in [0.1, 0.15) is 65.9 Å². The molecular formula is C29H37FN4O4. The molecule has 1 N–H and O–H groups in total. The second-order valence-corrected chi connectivity index (χ2v) is 11.5. The van der Waals surface area contributed by atoms with Crippen molar-refractivity contribution < 1.29 is 23.8 Å². The van der Waals surface area contributed by atoms with E-state index in [-0.39, 0.29) is 30.1 Å². The number of amides is 2. The first-order valence-corrected chi connectivity index (χ1v) is 13.1. The molecule has 3 aromatic rings. The minimum absolute atomic E-state index is 0.121. The number of aryl methyl sites for hydroxylation is 1. The van der Waals surface area contributed by atoms with Gasteiger partial charge in [0.25, 0.3) is 0 Å². The topological polar surface area (TPSA) is 97.6 Å². The Labute approximate surface area is 222 Å². The van der Waals surface area contributed by atoms with Crippen molar-refractivity contribution in [1.82, 2.24) is 19.7 Å². The summed E-state index contributed by atoms with van der Waals surface area (Å²) in [5.41, 5.74) is 1.41. The van der Waals surface area contributed by atoms with Gasteiger partial charge >= 0.3 is 6.09 Å². The molecule has 4 rings (SSSR count). The Kier molecular flexibility index (Phi) is 7.25. The summed E-state index contributed by atoms with van der Waals surface area (Å²) in [6, 6.07) is 7.13. The molecule has 2 amide bonds. The van der Waals surface area contributed by atoms with E-state index in [0.717, 1.165) is 10.5 Å². The number of fused-ring (bicyclic) bond motifs is 1. The lowest BCUT2D eigenvalue weighted by Crippen LogP contribution is -2.46. The maximum absolute atomic E-state index is 14.9. The van der Waals surface area contributed by atoms with Crippen LogP contribution in [0.5, 0.6) is 5.88 Å². The highest BCUT2D eigenvalue weighted by molar-refractivity contribution is 5.97. The van der Waals surface area contributed by atoms with Gasteiger partial charge in [-0.15, -0.1) is 0 Å². The Balaban J connectivity index is 1.77. The first-order chi connectivity index (χ1) is 17.8. The van der Waals surface area contributed by atoms with Gasteiger partial charge < -0.3 is 9.84 Å². The Morgan fingerprint density at radius 1 is 1.26 bits per heavy atom. The van der Waals surface area contributed by atoms with Gasteiger partial charge in [-0.25, -0.2) is 19.1 Å². The molecule has 1 aliphatic rings. The number of aromatic nitrogens is 3. The van der Waals surface area contributed by atoms with Gasteiger partial charge in [0.1, 0.15) is 5.82 Å². The molecule has 1 fully saturated rings. The number of hydrogen-bond acceptors (Lipinski definition) is 5. The largest absolute Gasteiger partial charge is 0.481 e. The minimum atomic E-state index is -1.21. The van der Waals surface area contributed by atoms with Crippen LogP contribution in [0.2, 0.25) is 0 Å². The van der Waals surface area contributed by atoms with Crippen molar-refractivity contribution in [3.8, 4) is 17.1 Å². The molecule has 204 valence electrons. The zero-order valence-corrected chi connectivity index (χ0v) is 23.2. The third-order valence-corrected chi connectivity index (χ3v) is 8.25. The van der Waals surface area contributed by atoms with Gasteiger partial charge in [0.2, 0.25) is 11.8 Å². The number of likely N-dealkylation sites (tertiary alicyclic amines) is 1. The SMILES string of the molecule is CCn1ncc2c(F)cc(-c3ccc(C(CC4(C(C)(C)C)CCN(C(=O)O)C4=O)C(C)C)c(OC)n3)cc21. The summed E-state index contributed by atoms with van der Waals surface area (Å²) < 4.78 is 22.4. The van der Waals surface area contributed by atoms with Crippen LogP contribution in [0.15, 0.2) is 30.5 Å². The van der Waals surface area contributed by atoms with E-state index in [0.29, 0.717) is 47.4 Å². The zero-order valence-electron chi connectivity index (χ0n) is 23.2. The van der Waals surface area contributed by atoms with E-state index in [1.165, 1.54) is 12.3 Å². The number of rotatable bonds is 7. The monoisotopic (exact) mass is 524 g/mol. The van der Waals surface area contributed by atoms with Crippen LogP contribution in [0.25, 0.3) is 22.2 Å². The molecule has 38 heavy (non-hydrogen) atoms. The summed E-state index contributed by atoms with van der Waals surface area (Å²) in [7, 11) is 1.55. The quantitative estimate of drug-likeness (QED) is 0.387. The molecule has 1 aliphatic heterocycles. The Morgan fingerprint density at radius 2 is 1.97 bits per heavy atom. The van der Waals surface area contributed by atoms with E-state index in [9.17, 15) is 19.1 Å². The van der Waals surface area contributed by atoms with Gasteiger partial charge in [-0.2, -0.15) is 5.10 Å². The van der Waals surface area contributed by atoms with Gasteiger partial charge in [-0.3, -0.25) is 9.48 Å². The van der Waals surface area contributed by atoms with Gasteiger partial charge in [0.15, 0.2) is 0 Å². The molecule has 2 aromatic heterocycles. The molecule has 2 atom stereocenters. The fourth-order valence-corrected chi connectivity index (χ4v) is 5.82. The molecule has 0 spiro atoms. The second-order valence-electron chi connectivity index (χ2n) is 11.5. The van der Waals surface area contributed by atoms with Crippen molar-refractivity contribution >= 4 is 22.9 Å². The number of hydrogen-bond donors (Lipinski definition) is 1. The van der Waals surface area contributed by atoms with E-state index < -0.39 is 16.9 Å². The highest BCUT2D eigenvalue weighted by Crippen LogP contribution is 2.54. The first-order valence-electron chi connectivity index (χ1n) is 13.1. The molecule has 0 radical (unpaired) electrons. The predicted molar refractivity (Wildman–Crippen MR) is 144 cm³/mol. The number of imide groups is 1. The third-order valence-electron chi connectivity index (χ3n) is 8.25. The summed E-state index contributed by atoms with van der Waals surface area (Å²) in [5.74, 6) is -0.297. The van der Waals surface area contributed by atoms with Gasteiger partial charge in [-0.05, 0) is 55.2 Å².